The van der Waals surface area contributed by atoms with E-state index in [4.69, 9.17) is 10.2 Å². The maximum Gasteiger partial charge on any atom is 0.335 e. The molecule has 0 radical (unpaired) electrons. The van der Waals surface area contributed by atoms with Crippen molar-refractivity contribution in [2.75, 3.05) is 11.9 Å². The van der Waals surface area contributed by atoms with Crippen LogP contribution in [-0.4, -0.2) is 33.8 Å². The number of aromatic carboxylic acids is 1. The van der Waals surface area contributed by atoms with Crippen molar-refractivity contribution in [1.29, 1.82) is 0 Å². The molecule has 0 fully saturated rings. The summed E-state index contributed by atoms with van der Waals surface area (Å²) in [6.45, 7) is 4.15. The lowest BCUT2D eigenvalue weighted by molar-refractivity contribution is 0.0696. The number of pyridine rings is 1. The van der Waals surface area contributed by atoms with Crippen LogP contribution in [0.25, 0.3) is 0 Å². The highest BCUT2D eigenvalue weighted by Crippen LogP contribution is 2.15. The van der Waals surface area contributed by atoms with E-state index in [0.29, 0.717) is 12.2 Å². The van der Waals surface area contributed by atoms with Gasteiger partial charge in [-0.25, -0.2) is 9.78 Å². The first kappa shape index (κ1) is 15.4. The largest absolute Gasteiger partial charge is 0.478 e. The number of aromatic nitrogens is 1. The first-order chi connectivity index (χ1) is 9.10. The van der Waals surface area contributed by atoms with E-state index in [-0.39, 0.29) is 18.2 Å². The third-order valence-corrected chi connectivity index (χ3v) is 2.95. The van der Waals surface area contributed by atoms with Gasteiger partial charge in [0.25, 0.3) is 0 Å². The average molecular weight is 266 g/mol. The summed E-state index contributed by atoms with van der Waals surface area (Å²) in [7, 11) is 0. The van der Waals surface area contributed by atoms with E-state index in [1.54, 1.807) is 12.1 Å². The molecule has 1 rings (SSSR count). The van der Waals surface area contributed by atoms with Crippen molar-refractivity contribution in [3.63, 3.8) is 0 Å². The molecule has 0 saturated heterocycles. The highest BCUT2D eigenvalue weighted by atomic mass is 16.4. The second kappa shape index (κ2) is 7.74. The first-order valence-corrected chi connectivity index (χ1v) is 6.72. The van der Waals surface area contributed by atoms with Crippen molar-refractivity contribution in [3.8, 4) is 0 Å². The minimum Gasteiger partial charge on any atom is -0.478 e. The monoisotopic (exact) mass is 266 g/mol. The van der Waals surface area contributed by atoms with E-state index in [1.165, 1.54) is 0 Å². The Bertz CT molecular complexity index is 421. The summed E-state index contributed by atoms with van der Waals surface area (Å²) >= 11 is 0. The van der Waals surface area contributed by atoms with Gasteiger partial charge in [-0.3, -0.25) is 0 Å². The smallest absolute Gasteiger partial charge is 0.335 e. The number of carbonyl (C=O) groups is 1. The van der Waals surface area contributed by atoms with E-state index >= 15 is 0 Å². The molecule has 0 spiro atoms. The van der Waals surface area contributed by atoms with Crippen LogP contribution in [-0.2, 0) is 6.42 Å². The molecule has 0 saturated carbocycles. The average Bonchev–Trinajstić information content (AvgIpc) is 2.38. The van der Waals surface area contributed by atoms with Crippen molar-refractivity contribution in [2.45, 2.75) is 45.6 Å². The summed E-state index contributed by atoms with van der Waals surface area (Å²) in [6, 6.07) is 3.27. The van der Waals surface area contributed by atoms with Crippen molar-refractivity contribution < 1.29 is 15.0 Å². The van der Waals surface area contributed by atoms with E-state index in [1.807, 2.05) is 13.8 Å². The van der Waals surface area contributed by atoms with E-state index < -0.39 is 5.97 Å². The Morgan fingerprint density at radius 3 is 2.68 bits per heavy atom. The third kappa shape index (κ3) is 4.87. The van der Waals surface area contributed by atoms with Gasteiger partial charge in [-0.1, -0.05) is 20.3 Å². The van der Waals surface area contributed by atoms with Crippen LogP contribution in [0.5, 0.6) is 0 Å². The maximum atomic E-state index is 11.1. The molecular formula is C14H22N2O3. The summed E-state index contributed by atoms with van der Waals surface area (Å²) in [5, 5.41) is 21.3. The number of carboxylic acids is 1. The fourth-order valence-electron chi connectivity index (χ4n) is 1.91. The second-order valence-electron chi connectivity index (χ2n) is 4.55. The lowest BCUT2D eigenvalue weighted by atomic mass is 10.1. The number of hydrogen-bond donors (Lipinski definition) is 3. The van der Waals surface area contributed by atoms with Gasteiger partial charge >= 0.3 is 5.97 Å². The molecule has 5 nitrogen and oxygen atoms in total. The summed E-state index contributed by atoms with van der Waals surface area (Å²) in [6.07, 6.45) is 3.15. The third-order valence-electron chi connectivity index (χ3n) is 2.95. The summed E-state index contributed by atoms with van der Waals surface area (Å²) < 4.78 is 0. The fourth-order valence-corrected chi connectivity index (χ4v) is 1.91. The zero-order valence-electron chi connectivity index (χ0n) is 11.5. The molecule has 3 N–H and O–H groups in total. The Balaban J connectivity index is 2.94. The highest BCUT2D eigenvalue weighted by molar-refractivity contribution is 5.88. The van der Waals surface area contributed by atoms with Gasteiger partial charge in [0.05, 0.1) is 5.56 Å². The second-order valence-corrected chi connectivity index (χ2v) is 4.55. The molecule has 1 aromatic rings. The molecule has 0 aliphatic carbocycles. The lowest BCUT2D eigenvalue weighted by Crippen LogP contribution is -2.21. The van der Waals surface area contributed by atoms with Gasteiger partial charge in [0.2, 0.25) is 0 Å². The van der Waals surface area contributed by atoms with Crippen LogP contribution in [0.1, 0.15) is 49.2 Å². The maximum absolute atomic E-state index is 11.1. The predicted molar refractivity (Wildman–Crippen MR) is 74.6 cm³/mol. The summed E-state index contributed by atoms with van der Waals surface area (Å²) in [5.41, 5.74) is 1.03. The lowest BCUT2D eigenvalue weighted by Gasteiger charge is -2.17. The molecule has 0 aliphatic rings. The number of aliphatic hydroxyl groups excluding tert-OH is 1. The van der Waals surface area contributed by atoms with Gasteiger partial charge in [-0.05, 0) is 31.4 Å². The quantitative estimate of drug-likeness (QED) is 0.672. The summed E-state index contributed by atoms with van der Waals surface area (Å²) in [5.74, 6) is -0.373. The van der Waals surface area contributed by atoms with Gasteiger partial charge in [0.1, 0.15) is 5.82 Å². The Hall–Kier alpha value is -1.62. The van der Waals surface area contributed by atoms with Crippen molar-refractivity contribution >= 4 is 11.8 Å². The molecule has 1 atom stereocenters. The number of rotatable bonds is 8. The molecule has 1 aromatic heterocycles. The van der Waals surface area contributed by atoms with E-state index in [9.17, 15) is 4.79 Å². The highest BCUT2D eigenvalue weighted by Gasteiger charge is 2.11. The molecule has 0 bridgehead atoms. The molecule has 1 unspecified atom stereocenters. The number of hydrogen-bond acceptors (Lipinski definition) is 4. The van der Waals surface area contributed by atoms with Crippen LogP contribution in [0.15, 0.2) is 12.1 Å². The van der Waals surface area contributed by atoms with Crippen LogP contribution < -0.4 is 5.32 Å². The number of aryl methyl sites for hydroxylation is 1. The van der Waals surface area contributed by atoms with Crippen LogP contribution in [0, 0.1) is 0 Å². The molecule has 5 heteroatoms. The minimum absolute atomic E-state index is 0.103. The fraction of sp³-hybridized carbons (Fsp3) is 0.571. The number of aliphatic hydroxyl groups is 1. The molecule has 0 amide bonds. The summed E-state index contributed by atoms with van der Waals surface area (Å²) in [4.78, 5) is 15.5. The first-order valence-electron chi connectivity index (χ1n) is 6.72. The van der Waals surface area contributed by atoms with Crippen molar-refractivity contribution in [3.05, 3.63) is 23.4 Å². The van der Waals surface area contributed by atoms with Crippen LogP contribution in [0.4, 0.5) is 5.82 Å². The Morgan fingerprint density at radius 2 is 2.16 bits per heavy atom. The molecule has 1 heterocycles. The number of nitrogens with zero attached hydrogens (tertiary/aromatic N) is 1. The predicted octanol–water partition coefficient (Wildman–Crippen LogP) is 2.31. The number of carboxylic acid groups (broad SMARTS) is 1. The van der Waals surface area contributed by atoms with Gasteiger partial charge in [0, 0.05) is 18.3 Å². The molecule has 106 valence electrons. The van der Waals surface area contributed by atoms with E-state index in [2.05, 4.69) is 10.3 Å². The molecule has 0 aromatic carbocycles. The van der Waals surface area contributed by atoms with Crippen LogP contribution in [0.2, 0.25) is 0 Å². The standard InChI is InChI=1S/C14H22N2O3/c1-3-5-12-8-10(14(18)19)9-13(16-12)15-11(4-2)6-7-17/h8-9,11,17H,3-7H2,1-2H3,(H,15,16)(H,18,19). The zero-order valence-corrected chi connectivity index (χ0v) is 11.5. The van der Waals surface area contributed by atoms with Crippen LogP contribution >= 0.6 is 0 Å². The van der Waals surface area contributed by atoms with Crippen molar-refractivity contribution in [1.82, 2.24) is 4.98 Å². The van der Waals surface area contributed by atoms with Gasteiger partial charge in [0.15, 0.2) is 0 Å². The van der Waals surface area contributed by atoms with E-state index in [0.717, 1.165) is 25.0 Å². The van der Waals surface area contributed by atoms with Gasteiger partial charge in [-0.15, -0.1) is 0 Å². The molecular weight excluding hydrogens is 244 g/mol. The minimum atomic E-state index is -0.946. The Kier molecular flexibility index (Phi) is 6.29. The van der Waals surface area contributed by atoms with Gasteiger partial charge < -0.3 is 15.5 Å². The normalized spacial score (nSPS) is 12.2. The van der Waals surface area contributed by atoms with Crippen molar-refractivity contribution in [2.24, 2.45) is 0 Å². The zero-order chi connectivity index (χ0) is 14.3. The number of anilines is 1. The topological polar surface area (TPSA) is 82.5 Å². The molecule has 0 aliphatic heterocycles. The SMILES string of the molecule is CCCc1cc(C(=O)O)cc(NC(CC)CCO)n1. The Morgan fingerprint density at radius 1 is 1.42 bits per heavy atom. The Labute approximate surface area is 113 Å². The van der Waals surface area contributed by atoms with Gasteiger partial charge in [-0.2, -0.15) is 0 Å². The molecule has 19 heavy (non-hydrogen) atoms. The van der Waals surface area contributed by atoms with Crippen LogP contribution in [0.3, 0.4) is 0 Å². The number of nitrogens with one attached hydrogen (secondary N) is 1.